The smallest absolute Gasteiger partial charge is 0.170 e. The van der Waals surface area contributed by atoms with E-state index in [2.05, 4.69) is 15.9 Å². The summed E-state index contributed by atoms with van der Waals surface area (Å²) in [4.78, 5) is 12.2. The first-order valence-corrected chi connectivity index (χ1v) is 6.99. The number of hydrogen-bond acceptors (Lipinski definition) is 2. The number of Topliss-reactive ketones (excluding diaryl/α,β-unsaturated/α-hetero) is 1. The number of rotatable bonds is 4. The Morgan fingerprint density at radius 3 is 2.75 bits per heavy atom. The predicted molar refractivity (Wildman–Crippen MR) is 80.1 cm³/mol. The minimum Gasteiger partial charge on any atom is -0.497 e. The summed E-state index contributed by atoms with van der Waals surface area (Å²) in [6, 6.07) is 9.25. The Morgan fingerprint density at radius 1 is 1.30 bits per heavy atom. The van der Waals surface area contributed by atoms with Crippen LogP contribution in [0.3, 0.4) is 0 Å². The Bertz CT molecular complexity index is 658. The van der Waals surface area contributed by atoms with E-state index in [1.54, 1.807) is 25.3 Å². The third kappa shape index (κ3) is 3.38. The molecule has 0 saturated carbocycles. The first kappa shape index (κ1) is 15.0. The van der Waals surface area contributed by atoms with Gasteiger partial charge in [-0.05, 0) is 42.0 Å². The SMILES string of the molecule is COc1ccc(Br)c(CC(=O)c2cc(Cl)ccc2F)c1. The second-order valence-corrected chi connectivity index (χ2v) is 5.47. The maximum absolute atomic E-state index is 13.7. The third-order valence-corrected chi connectivity index (χ3v) is 3.84. The molecule has 20 heavy (non-hydrogen) atoms. The minimum absolute atomic E-state index is 0.00720. The number of benzene rings is 2. The van der Waals surface area contributed by atoms with Crippen LogP contribution in [0.5, 0.6) is 5.75 Å². The van der Waals surface area contributed by atoms with E-state index in [-0.39, 0.29) is 17.8 Å². The number of halogens is 3. The first-order chi connectivity index (χ1) is 9.51. The molecule has 5 heteroatoms. The van der Waals surface area contributed by atoms with E-state index in [0.29, 0.717) is 10.8 Å². The Morgan fingerprint density at radius 2 is 2.05 bits per heavy atom. The fraction of sp³-hybridized carbons (Fsp3) is 0.133. The lowest BCUT2D eigenvalue weighted by atomic mass is 10.0. The van der Waals surface area contributed by atoms with E-state index in [9.17, 15) is 9.18 Å². The predicted octanol–water partition coefficient (Wildman–Crippen LogP) is 4.68. The largest absolute Gasteiger partial charge is 0.497 e. The highest BCUT2D eigenvalue weighted by Gasteiger charge is 2.15. The van der Waals surface area contributed by atoms with E-state index in [1.807, 2.05) is 0 Å². The molecular formula is C15H11BrClFO2. The van der Waals surface area contributed by atoms with Crippen LogP contribution in [0.25, 0.3) is 0 Å². The minimum atomic E-state index is -0.571. The van der Waals surface area contributed by atoms with Crippen LogP contribution in [0.2, 0.25) is 5.02 Å². The van der Waals surface area contributed by atoms with Gasteiger partial charge in [0.15, 0.2) is 5.78 Å². The number of hydrogen-bond donors (Lipinski definition) is 0. The molecule has 2 rings (SSSR count). The van der Waals surface area contributed by atoms with Gasteiger partial charge in [0, 0.05) is 15.9 Å². The van der Waals surface area contributed by atoms with Gasteiger partial charge in [-0.1, -0.05) is 27.5 Å². The van der Waals surface area contributed by atoms with E-state index < -0.39 is 5.82 Å². The van der Waals surface area contributed by atoms with Crippen LogP contribution in [-0.2, 0) is 6.42 Å². The molecule has 0 unspecified atom stereocenters. The average Bonchev–Trinajstić information content (AvgIpc) is 2.43. The Balaban J connectivity index is 2.30. The van der Waals surface area contributed by atoms with Gasteiger partial charge in [0.1, 0.15) is 11.6 Å². The van der Waals surface area contributed by atoms with Crippen LogP contribution in [0.15, 0.2) is 40.9 Å². The molecule has 0 amide bonds. The van der Waals surface area contributed by atoms with Crippen LogP contribution >= 0.6 is 27.5 Å². The lowest BCUT2D eigenvalue weighted by Crippen LogP contribution is -2.07. The fourth-order valence-electron chi connectivity index (χ4n) is 1.79. The van der Waals surface area contributed by atoms with E-state index in [4.69, 9.17) is 16.3 Å². The van der Waals surface area contributed by atoms with Gasteiger partial charge in [0.25, 0.3) is 0 Å². The van der Waals surface area contributed by atoms with Crippen molar-refractivity contribution in [2.45, 2.75) is 6.42 Å². The molecule has 0 spiro atoms. The average molecular weight is 358 g/mol. The highest BCUT2D eigenvalue weighted by Crippen LogP contribution is 2.25. The second-order valence-electron chi connectivity index (χ2n) is 4.18. The lowest BCUT2D eigenvalue weighted by Gasteiger charge is -2.08. The molecule has 0 aliphatic carbocycles. The molecule has 104 valence electrons. The molecule has 0 aliphatic heterocycles. The summed E-state index contributed by atoms with van der Waals surface area (Å²) in [6.07, 6.45) is 0.0645. The van der Waals surface area contributed by atoms with Crippen molar-refractivity contribution in [3.8, 4) is 5.75 Å². The van der Waals surface area contributed by atoms with Crippen LogP contribution in [0.4, 0.5) is 4.39 Å². The summed E-state index contributed by atoms with van der Waals surface area (Å²) >= 11 is 9.16. The van der Waals surface area contributed by atoms with Crippen LogP contribution < -0.4 is 4.74 Å². The maximum atomic E-state index is 13.7. The van der Waals surface area contributed by atoms with Crippen molar-refractivity contribution in [1.82, 2.24) is 0 Å². The maximum Gasteiger partial charge on any atom is 0.170 e. The van der Waals surface area contributed by atoms with Crippen molar-refractivity contribution in [1.29, 1.82) is 0 Å². The fourth-order valence-corrected chi connectivity index (χ4v) is 2.35. The van der Waals surface area contributed by atoms with Gasteiger partial charge in [0.2, 0.25) is 0 Å². The van der Waals surface area contributed by atoms with Crippen LogP contribution in [-0.4, -0.2) is 12.9 Å². The van der Waals surface area contributed by atoms with E-state index >= 15 is 0 Å². The topological polar surface area (TPSA) is 26.3 Å². The van der Waals surface area contributed by atoms with Gasteiger partial charge in [-0.15, -0.1) is 0 Å². The summed E-state index contributed by atoms with van der Waals surface area (Å²) in [6.45, 7) is 0. The van der Waals surface area contributed by atoms with Gasteiger partial charge in [0.05, 0.1) is 12.7 Å². The van der Waals surface area contributed by atoms with Crippen molar-refractivity contribution < 1.29 is 13.9 Å². The van der Waals surface area contributed by atoms with Gasteiger partial charge in [-0.25, -0.2) is 4.39 Å². The molecule has 2 aromatic rings. The molecule has 2 nitrogen and oxygen atoms in total. The second kappa shape index (κ2) is 6.37. The van der Waals surface area contributed by atoms with Gasteiger partial charge < -0.3 is 4.74 Å². The first-order valence-electron chi connectivity index (χ1n) is 5.82. The molecule has 0 N–H and O–H groups in total. The zero-order valence-corrected chi connectivity index (χ0v) is 13.0. The molecule has 0 radical (unpaired) electrons. The molecular weight excluding hydrogens is 347 g/mol. The van der Waals surface area contributed by atoms with Crippen molar-refractivity contribution >= 4 is 33.3 Å². The van der Waals surface area contributed by atoms with Crippen molar-refractivity contribution in [3.05, 3.63) is 62.8 Å². The number of ketones is 1. The normalized spacial score (nSPS) is 10.4. The molecule has 0 fully saturated rings. The Hall–Kier alpha value is -1.39. The highest BCUT2D eigenvalue weighted by atomic mass is 79.9. The third-order valence-electron chi connectivity index (χ3n) is 2.83. The quantitative estimate of drug-likeness (QED) is 0.743. The molecule has 0 bridgehead atoms. The Labute approximate surface area is 129 Å². The van der Waals surface area contributed by atoms with E-state index in [0.717, 1.165) is 10.0 Å². The summed E-state index contributed by atoms with van der Waals surface area (Å²) in [5, 5.41) is 0.333. The van der Waals surface area contributed by atoms with Gasteiger partial charge in [-0.3, -0.25) is 4.79 Å². The van der Waals surface area contributed by atoms with Gasteiger partial charge >= 0.3 is 0 Å². The van der Waals surface area contributed by atoms with E-state index in [1.165, 1.54) is 18.2 Å². The van der Waals surface area contributed by atoms with Crippen LogP contribution in [0.1, 0.15) is 15.9 Å². The van der Waals surface area contributed by atoms with Crippen LogP contribution in [0, 0.1) is 5.82 Å². The summed E-state index contributed by atoms with van der Waals surface area (Å²) in [7, 11) is 1.55. The molecule has 0 heterocycles. The number of carbonyl (C=O) groups is 1. The van der Waals surface area contributed by atoms with Crippen molar-refractivity contribution in [2.24, 2.45) is 0 Å². The highest BCUT2D eigenvalue weighted by molar-refractivity contribution is 9.10. The molecule has 2 aromatic carbocycles. The number of methoxy groups -OCH3 is 1. The summed E-state index contributed by atoms with van der Waals surface area (Å²) < 4.78 is 19.5. The van der Waals surface area contributed by atoms with Crippen molar-refractivity contribution in [2.75, 3.05) is 7.11 Å². The lowest BCUT2D eigenvalue weighted by molar-refractivity contribution is 0.0989. The standard InChI is InChI=1S/C15H11BrClFO2/c1-20-11-3-4-13(16)9(6-11)7-15(19)12-8-10(17)2-5-14(12)18/h2-6,8H,7H2,1H3. The number of ether oxygens (including phenoxy) is 1. The molecule has 0 atom stereocenters. The Kier molecular flexibility index (Phi) is 4.78. The molecule has 0 saturated heterocycles. The summed E-state index contributed by atoms with van der Waals surface area (Å²) in [5.41, 5.74) is 0.723. The van der Waals surface area contributed by atoms with Crippen molar-refractivity contribution in [3.63, 3.8) is 0 Å². The van der Waals surface area contributed by atoms with Gasteiger partial charge in [-0.2, -0.15) is 0 Å². The molecule has 0 aromatic heterocycles. The zero-order chi connectivity index (χ0) is 14.7. The summed E-state index contributed by atoms with van der Waals surface area (Å²) in [5.74, 6) is -0.264. The zero-order valence-electron chi connectivity index (χ0n) is 10.6. The molecule has 0 aliphatic rings. The number of carbonyl (C=O) groups excluding carboxylic acids is 1. The monoisotopic (exact) mass is 356 g/mol.